The first-order valence-electron chi connectivity index (χ1n) is 11.8. The molecule has 4 aromatic rings. The van der Waals surface area contributed by atoms with Gasteiger partial charge >= 0.3 is 0 Å². The van der Waals surface area contributed by atoms with E-state index in [2.05, 4.69) is 34.1 Å². The fourth-order valence-corrected chi connectivity index (χ4v) is 6.55. The van der Waals surface area contributed by atoms with Crippen molar-refractivity contribution in [3.8, 4) is 17.2 Å². The van der Waals surface area contributed by atoms with Crippen LogP contribution in [0.1, 0.15) is 34.7 Å². The van der Waals surface area contributed by atoms with Crippen LogP contribution in [-0.4, -0.2) is 23.9 Å². The SMILES string of the molecule is COc1ccc([C@H]2C3=C(N=c4s/c(=C\c5cc(Br)c(O)c(OC)c5)c(=O)n42)c2ccccc2CC3)cc1. The first-order valence-corrected chi connectivity index (χ1v) is 13.4. The van der Waals surface area contributed by atoms with Crippen LogP contribution in [0, 0.1) is 0 Å². The number of fused-ring (bicyclic) bond motifs is 3. The molecule has 0 fully saturated rings. The van der Waals surface area contributed by atoms with Crippen molar-refractivity contribution in [3.05, 3.63) is 113 Å². The van der Waals surface area contributed by atoms with Crippen molar-refractivity contribution in [2.75, 3.05) is 14.2 Å². The van der Waals surface area contributed by atoms with Gasteiger partial charge in [-0.1, -0.05) is 47.7 Å². The van der Waals surface area contributed by atoms with E-state index in [1.807, 2.05) is 41.0 Å². The number of phenolic OH excluding ortho intramolecular Hbond substituents is 1. The van der Waals surface area contributed by atoms with Crippen LogP contribution in [0.3, 0.4) is 0 Å². The fraction of sp³-hybridized carbons (Fsp3) is 0.172. The number of halogens is 1. The minimum Gasteiger partial charge on any atom is -0.503 e. The van der Waals surface area contributed by atoms with Crippen LogP contribution in [0.4, 0.5) is 0 Å². The molecule has 37 heavy (non-hydrogen) atoms. The summed E-state index contributed by atoms with van der Waals surface area (Å²) in [5, 5.41) is 10.2. The Morgan fingerprint density at radius 3 is 2.62 bits per heavy atom. The third-order valence-electron chi connectivity index (χ3n) is 6.87. The van der Waals surface area contributed by atoms with Gasteiger partial charge in [0.25, 0.3) is 5.56 Å². The molecule has 2 heterocycles. The summed E-state index contributed by atoms with van der Waals surface area (Å²) >= 11 is 4.74. The second-order valence-electron chi connectivity index (χ2n) is 8.94. The van der Waals surface area contributed by atoms with Gasteiger partial charge in [-0.3, -0.25) is 9.36 Å². The predicted molar refractivity (Wildman–Crippen MR) is 148 cm³/mol. The molecule has 0 saturated carbocycles. The number of rotatable bonds is 4. The van der Waals surface area contributed by atoms with Gasteiger partial charge in [0.05, 0.1) is 35.0 Å². The second-order valence-corrected chi connectivity index (χ2v) is 10.8. The number of hydrogen-bond acceptors (Lipinski definition) is 6. The van der Waals surface area contributed by atoms with E-state index in [1.165, 1.54) is 24.0 Å². The summed E-state index contributed by atoms with van der Waals surface area (Å²) in [5.41, 5.74) is 6.18. The summed E-state index contributed by atoms with van der Waals surface area (Å²) in [6, 6.07) is 19.5. The smallest absolute Gasteiger partial charge is 0.271 e. The summed E-state index contributed by atoms with van der Waals surface area (Å²) in [4.78, 5) is 19.6. The molecule has 186 valence electrons. The molecule has 1 aromatic heterocycles. The number of thiazole rings is 1. The maximum Gasteiger partial charge on any atom is 0.271 e. The number of benzene rings is 3. The third kappa shape index (κ3) is 4.01. The minimum atomic E-state index is -0.256. The number of allylic oxidation sites excluding steroid dienone is 1. The minimum absolute atomic E-state index is 0.0203. The number of aryl methyl sites for hydroxylation is 1. The Labute approximate surface area is 225 Å². The summed E-state index contributed by atoms with van der Waals surface area (Å²) < 4.78 is 13.5. The van der Waals surface area contributed by atoms with E-state index < -0.39 is 0 Å². The van der Waals surface area contributed by atoms with Crippen LogP contribution in [-0.2, 0) is 6.42 Å². The number of ether oxygens (including phenoxy) is 2. The van der Waals surface area contributed by atoms with E-state index in [1.54, 1.807) is 19.2 Å². The first kappa shape index (κ1) is 23.8. The summed E-state index contributed by atoms with van der Waals surface area (Å²) in [6.45, 7) is 0. The molecular weight excluding hydrogens is 552 g/mol. The first-order chi connectivity index (χ1) is 18.0. The van der Waals surface area contributed by atoms with Gasteiger partial charge in [-0.25, -0.2) is 4.99 Å². The van der Waals surface area contributed by atoms with E-state index >= 15 is 0 Å². The molecule has 3 aromatic carbocycles. The highest BCUT2D eigenvalue weighted by molar-refractivity contribution is 9.10. The molecular formula is C29H23BrN2O4S. The van der Waals surface area contributed by atoms with Crippen molar-refractivity contribution in [2.45, 2.75) is 18.9 Å². The highest BCUT2D eigenvalue weighted by Crippen LogP contribution is 2.41. The lowest BCUT2D eigenvalue weighted by molar-refractivity contribution is 0.372. The summed E-state index contributed by atoms with van der Waals surface area (Å²) in [6.07, 6.45) is 3.56. The number of phenols is 1. The van der Waals surface area contributed by atoms with E-state index in [0.717, 1.165) is 46.6 Å². The molecule has 6 nitrogen and oxygen atoms in total. The summed E-state index contributed by atoms with van der Waals surface area (Å²) in [7, 11) is 3.14. The van der Waals surface area contributed by atoms with Crippen LogP contribution < -0.4 is 24.4 Å². The predicted octanol–water partition coefficient (Wildman–Crippen LogP) is 4.80. The van der Waals surface area contributed by atoms with Gasteiger partial charge in [-0.15, -0.1) is 0 Å². The van der Waals surface area contributed by atoms with Crippen LogP contribution in [0.5, 0.6) is 17.2 Å². The molecule has 0 bridgehead atoms. The van der Waals surface area contributed by atoms with Crippen LogP contribution in [0.25, 0.3) is 11.8 Å². The highest BCUT2D eigenvalue weighted by Gasteiger charge is 2.32. The lowest BCUT2D eigenvalue weighted by Gasteiger charge is -2.30. The number of nitrogens with zero attached hydrogens (tertiary/aromatic N) is 2. The van der Waals surface area contributed by atoms with Gasteiger partial charge in [0.15, 0.2) is 16.3 Å². The van der Waals surface area contributed by atoms with E-state index in [0.29, 0.717) is 19.6 Å². The average Bonchev–Trinajstić information content (AvgIpc) is 3.23. The summed E-state index contributed by atoms with van der Waals surface area (Å²) in [5.74, 6) is 1.12. The molecule has 8 heteroatoms. The van der Waals surface area contributed by atoms with Gasteiger partial charge in [0.1, 0.15) is 5.75 Å². The van der Waals surface area contributed by atoms with E-state index in [9.17, 15) is 9.90 Å². The van der Waals surface area contributed by atoms with Crippen molar-refractivity contribution < 1.29 is 14.6 Å². The Morgan fingerprint density at radius 1 is 1.08 bits per heavy atom. The van der Waals surface area contributed by atoms with Crippen LogP contribution in [0.2, 0.25) is 0 Å². The molecule has 0 saturated heterocycles. The molecule has 6 rings (SSSR count). The molecule has 1 aliphatic carbocycles. The number of hydrogen-bond donors (Lipinski definition) is 1. The molecule has 0 radical (unpaired) electrons. The largest absolute Gasteiger partial charge is 0.503 e. The topological polar surface area (TPSA) is 73.1 Å². The van der Waals surface area contributed by atoms with Crippen molar-refractivity contribution in [2.24, 2.45) is 4.99 Å². The van der Waals surface area contributed by atoms with Crippen molar-refractivity contribution >= 4 is 39.0 Å². The Morgan fingerprint density at radius 2 is 1.86 bits per heavy atom. The molecule has 0 amide bonds. The second kappa shape index (κ2) is 9.36. The quantitative estimate of drug-likeness (QED) is 0.380. The van der Waals surface area contributed by atoms with Gasteiger partial charge in [0, 0.05) is 5.56 Å². The molecule has 0 unspecified atom stereocenters. The standard InChI is InChI=1S/C29H23BrN2O4S/c1-35-19-10-7-18(8-11-19)26-21-12-9-17-5-3-4-6-20(17)25(21)31-29-32(26)28(34)24(37-29)15-16-13-22(30)27(33)23(14-16)36-2/h3-8,10-11,13-15,26,33H,9,12H2,1-2H3/b24-15-/t26-/m0/s1. The molecule has 2 aliphatic rings. The average molecular weight is 575 g/mol. The Balaban J connectivity index is 1.59. The van der Waals surface area contributed by atoms with Gasteiger partial charge in [-0.2, -0.15) is 0 Å². The number of aromatic hydroxyl groups is 1. The lowest BCUT2D eigenvalue weighted by atomic mass is 9.83. The monoisotopic (exact) mass is 574 g/mol. The molecule has 0 spiro atoms. The van der Waals surface area contributed by atoms with Crippen LogP contribution >= 0.6 is 27.3 Å². The highest BCUT2D eigenvalue weighted by atomic mass is 79.9. The maximum absolute atomic E-state index is 13.9. The number of methoxy groups -OCH3 is 2. The van der Waals surface area contributed by atoms with E-state index in [-0.39, 0.29) is 17.4 Å². The normalized spacial score (nSPS) is 16.5. The zero-order chi connectivity index (χ0) is 25.7. The third-order valence-corrected chi connectivity index (χ3v) is 8.46. The lowest BCUT2D eigenvalue weighted by Crippen LogP contribution is -2.38. The van der Waals surface area contributed by atoms with Gasteiger partial charge in [-0.05, 0) is 81.4 Å². The van der Waals surface area contributed by atoms with Gasteiger partial charge in [0.2, 0.25) is 0 Å². The Kier molecular flexibility index (Phi) is 6.01. The van der Waals surface area contributed by atoms with Gasteiger partial charge < -0.3 is 14.6 Å². The molecule has 1 aliphatic heterocycles. The molecule has 1 atom stereocenters. The number of aromatic nitrogens is 1. The van der Waals surface area contributed by atoms with Crippen LogP contribution in [0.15, 0.2) is 80.5 Å². The Hall–Kier alpha value is -3.62. The fourth-order valence-electron chi connectivity index (χ4n) is 5.09. The zero-order valence-electron chi connectivity index (χ0n) is 20.2. The molecule has 1 N–H and O–H groups in total. The Bertz CT molecular complexity index is 1750. The van der Waals surface area contributed by atoms with Crippen molar-refractivity contribution in [3.63, 3.8) is 0 Å². The van der Waals surface area contributed by atoms with E-state index in [4.69, 9.17) is 14.5 Å². The van der Waals surface area contributed by atoms with Crippen molar-refractivity contribution in [1.82, 2.24) is 4.57 Å². The zero-order valence-corrected chi connectivity index (χ0v) is 22.6. The van der Waals surface area contributed by atoms with Crippen molar-refractivity contribution in [1.29, 1.82) is 0 Å². The maximum atomic E-state index is 13.9.